The van der Waals surface area contributed by atoms with Gasteiger partial charge in [0.05, 0.1) is 29.8 Å². The lowest BCUT2D eigenvalue weighted by molar-refractivity contribution is -0.160. The van der Waals surface area contributed by atoms with Crippen LogP contribution in [0.5, 0.6) is 5.75 Å². The van der Waals surface area contributed by atoms with Gasteiger partial charge in [0.25, 0.3) is 0 Å². The first kappa shape index (κ1) is 27.4. The van der Waals surface area contributed by atoms with Crippen LogP contribution in [0, 0.1) is 18.3 Å². The molecule has 2 aromatic rings. The van der Waals surface area contributed by atoms with Crippen molar-refractivity contribution >= 4 is 11.7 Å². The van der Waals surface area contributed by atoms with E-state index in [1.54, 1.807) is 6.20 Å². The normalized spacial score (nSPS) is 18.4. The van der Waals surface area contributed by atoms with Crippen LogP contribution in [0.15, 0.2) is 24.5 Å². The van der Waals surface area contributed by atoms with E-state index in [1.165, 1.54) is 32.1 Å². The molecule has 1 aliphatic heterocycles. The molecule has 1 spiro atoms. The Bertz CT molecular complexity index is 1090. The van der Waals surface area contributed by atoms with Crippen LogP contribution in [-0.2, 0) is 9.53 Å². The number of carboxylic acid groups (broad SMARTS) is 1. The summed E-state index contributed by atoms with van der Waals surface area (Å²) in [6, 6.07) is 3.88. The number of rotatable bonds is 8. The topological polar surface area (TPSA) is 84.8 Å². The highest BCUT2D eigenvalue weighted by Gasteiger charge is 2.42. The predicted octanol–water partition coefficient (Wildman–Crippen LogP) is 6.59. The van der Waals surface area contributed by atoms with Crippen LogP contribution in [0.1, 0.15) is 90.5 Å². The van der Waals surface area contributed by atoms with Gasteiger partial charge in [-0.2, -0.15) is 0 Å². The molecule has 0 amide bonds. The second-order valence-electron chi connectivity index (χ2n) is 12.3. The van der Waals surface area contributed by atoms with Gasteiger partial charge in [0, 0.05) is 36.1 Å². The van der Waals surface area contributed by atoms with Crippen LogP contribution in [0.2, 0.25) is 0 Å². The molecule has 1 N–H and O–H groups in total. The van der Waals surface area contributed by atoms with E-state index in [0.717, 1.165) is 42.2 Å². The molecule has 3 heterocycles. The second-order valence-corrected chi connectivity index (χ2v) is 12.3. The summed E-state index contributed by atoms with van der Waals surface area (Å²) in [6.45, 7) is 14.2. The van der Waals surface area contributed by atoms with Crippen molar-refractivity contribution in [3.8, 4) is 17.0 Å². The van der Waals surface area contributed by atoms with Crippen molar-refractivity contribution in [3.05, 3.63) is 35.8 Å². The molecule has 1 aliphatic carbocycles. The molecular weight excluding hydrogens is 466 g/mol. The zero-order valence-electron chi connectivity index (χ0n) is 23.3. The summed E-state index contributed by atoms with van der Waals surface area (Å²) in [7, 11) is 0. The van der Waals surface area contributed by atoms with Crippen molar-refractivity contribution in [2.45, 2.75) is 91.8 Å². The molecule has 2 aromatic heterocycles. The molecule has 0 radical (unpaired) electrons. The van der Waals surface area contributed by atoms with Crippen molar-refractivity contribution in [1.82, 2.24) is 9.97 Å². The van der Waals surface area contributed by atoms with Crippen LogP contribution in [0.25, 0.3) is 11.3 Å². The van der Waals surface area contributed by atoms with Crippen molar-refractivity contribution in [2.75, 3.05) is 24.6 Å². The Hall–Kier alpha value is -2.67. The predicted molar refractivity (Wildman–Crippen MR) is 146 cm³/mol. The summed E-state index contributed by atoms with van der Waals surface area (Å²) < 4.78 is 12.0. The third-order valence-electron chi connectivity index (χ3n) is 7.51. The number of nitrogens with zero attached hydrogens (tertiary/aromatic N) is 3. The number of pyridine rings is 2. The minimum atomic E-state index is -1.13. The third-order valence-corrected chi connectivity index (χ3v) is 7.51. The fraction of sp³-hybridized carbons (Fsp3) is 0.633. The van der Waals surface area contributed by atoms with Crippen molar-refractivity contribution < 1.29 is 19.4 Å². The van der Waals surface area contributed by atoms with Gasteiger partial charge in [-0.25, -0.2) is 4.79 Å². The highest BCUT2D eigenvalue weighted by atomic mass is 16.5. The molecule has 202 valence electrons. The van der Waals surface area contributed by atoms with Crippen molar-refractivity contribution in [2.24, 2.45) is 11.3 Å². The van der Waals surface area contributed by atoms with E-state index in [2.05, 4.69) is 23.7 Å². The number of aliphatic carboxylic acids is 1. The minimum absolute atomic E-state index is 0.301. The quantitative estimate of drug-likeness (QED) is 0.430. The lowest BCUT2D eigenvalue weighted by atomic mass is 9.73. The molecule has 2 aliphatic rings. The van der Waals surface area contributed by atoms with Crippen molar-refractivity contribution in [3.63, 3.8) is 0 Å². The third kappa shape index (κ3) is 6.43. The van der Waals surface area contributed by atoms with Crippen LogP contribution >= 0.6 is 0 Å². The summed E-state index contributed by atoms with van der Waals surface area (Å²) in [6.07, 6.45) is 9.90. The van der Waals surface area contributed by atoms with E-state index in [1.807, 2.05) is 46.0 Å². The van der Waals surface area contributed by atoms with Gasteiger partial charge in [-0.05, 0) is 70.4 Å². The molecule has 2 fully saturated rings. The molecule has 1 saturated heterocycles. The smallest absolute Gasteiger partial charge is 0.337 e. The maximum absolute atomic E-state index is 12.6. The molecule has 0 aromatic carbocycles. The van der Waals surface area contributed by atoms with Crippen LogP contribution in [-0.4, -0.2) is 46.3 Å². The number of aryl methyl sites for hydroxylation is 1. The van der Waals surface area contributed by atoms with Crippen LogP contribution < -0.4 is 9.64 Å². The molecule has 37 heavy (non-hydrogen) atoms. The Balaban J connectivity index is 1.81. The second kappa shape index (κ2) is 11.0. The van der Waals surface area contributed by atoms with Gasteiger partial charge >= 0.3 is 5.97 Å². The van der Waals surface area contributed by atoms with Crippen molar-refractivity contribution in [1.29, 1.82) is 0 Å². The molecule has 7 nitrogen and oxygen atoms in total. The molecule has 0 unspecified atom stereocenters. The van der Waals surface area contributed by atoms with Gasteiger partial charge in [0.2, 0.25) is 0 Å². The van der Waals surface area contributed by atoms with Gasteiger partial charge in [-0.1, -0.05) is 33.1 Å². The Morgan fingerprint density at radius 3 is 2.43 bits per heavy atom. The fourth-order valence-electron chi connectivity index (χ4n) is 5.76. The number of ether oxygens (including phenoxy) is 2. The number of carboxylic acids is 1. The van der Waals surface area contributed by atoms with Gasteiger partial charge in [-0.15, -0.1) is 0 Å². The standard InChI is InChI=1S/C30H43N3O4/c1-20(2)18-36-22-10-11-24(32-16-22)23-17-31-21(3)25(27(28(34)35)37-29(4,5)6)26(23)33-15-14-30(19-33)12-8-7-9-13-30/h10-11,16-17,20,27H,7-9,12-15,18-19H2,1-6H3,(H,34,35)/t27-/m0/s1. The summed E-state index contributed by atoms with van der Waals surface area (Å²) >= 11 is 0. The first-order chi connectivity index (χ1) is 17.5. The van der Waals surface area contributed by atoms with Gasteiger partial charge in [0.15, 0.2) is 6.10 Å². The zero-order valence-corrected chi connectivity index (χ0v) is 23.3. The molecule has 4 rings (SSSR count). The number of hydrogen-bond donors (Lipinski definition) is 1. The van der Waals surface area contributed by atoms with E-state index < -0.39 is 17.7 Å². The fourth-order valence-corrected chi connectivity index (χ4v) is 5.76. The lowest BCUT2D eigenvalue weighted by Crippen LogP contribution is -2.33. The maximum atomic E-state index is 12.6. The summed E-state index contributed by atoms with van der Waals surface area (Å²) in [4.78, 5) is 24.4. The average molecular weight is 510 g/mol. The van der Waals surface area contributed by atoms with Crippen LogP contribution in [0.4, 0.5) is 5.69 Å². The Morgan fingerprint density at radius 2 is 1.84 bits per heavy atom. The minimum Gasteiger partial charge on any atom is -0.492 e. The van der Waals surface area contributed by atoms with Gasteiger partial charge < -0.3 is 19.5 Å². The van der Waals surface area contributed by atoms with E-state index in [-0.39, 0.29) is 0 Å². The summed E-state index contributed by atoms with van der Waals surface area (Å²) in [5, 5.41) is 10.3. The Kier molecular flexibility index (Phi) is 8.12. The summed E-state index contributed by atoms with van der Waals surface area (Å²) in [5.74, 6) is 0.143. The zero-order chi connectivity index (χ0) is 26.8. The van der Waals surface area contributed by atoms with Crippen LogP contribution in [0.3, 0.4) is 0 Å². The van der Waals surface area contributed by atoms with Gasteiger partial charge in [0.1, 0.15) is 5.75 Å². The van der Waals surface area contributed by atoms with Gasteiger partial charge in [-0.3, -0.25) is 9.97 Å². The van der Waals surface area contributed by atoms with E-state index >= 15 is 0 Å². The largest absolute Gasteiger partial charge is 0.492 e. The monoisotopic (exact) mass is 509 g/mol. The highest BCUT2D eigenvalue weighted by molar-refractivity contribution is 5.85. The first-order valence-electron chi connectivity index (χ1n) is 13.7. The Labute approximate surface area is 221 Å². The number of aromatic nitrogens is 2. The molecular formula is C30H43N3O4. The molecule has 1 atom stereocenters. The Morgan fingerprint density at radius 1 is 1.11 bits per heavy atom. The molecule has 0 bridgehead atoms. The first-order valence-corrected chi connectivity index (χ1v) is 13.7. The number of anilines is 1. The molecule has 7 heteroatoms. The lowest BCUT2D eigenvalue weighted by Gasteiger charge is -2.35. The van der Waals surface area contributed by atoms with E-state index in [4.69, 9.17) is 14.5 Å². The van der Waals surface area contributed by atoms with E-state index in [0.29, 0.717) is 29.2 Å². The average Bonchev–Trinajstić information content (AvgIpc) is 3.24. The number of carbonyl (C=O) groups is 1. The maximum Gasteiger partial charge on any atom is 0.337 e. The molecule has 1 saturated carbocycles. The SMILES string of the molecule is Cc1ncc(-c2ccc(OCC(C)C)cn2)c(N2CCC3(CCCCC3)C2)c1[C@H](OC(C)(C)C)C(=O)O. The number of hydrogen-bond acceptors (Lipinski definition) is 6. The highest BCUT2D eigenvalue weighted by Crippen LogP contribution is 2.48. The van der Waals surface area contributed by atoms with E-state index in [9.17, 15) is 9.90 Å². The summed E-state index contributed by atoms with van der Waals surface area (Å²) in [5.41, 5.74) is 3.47.